The molecule has 0 spiro atoms. The van der Waals surface area contributed by atoms with Crippen molar-refractivity contribution >= 4 is 5.97 Å². The fraction of sp³-hybridized carbons (Fsp3) is 0.682. The third-order valence-electron chi connectivity index (χ3n) is 5.69. The first-order valence-electron chi connectivity index (χ1n) is 10.2. The van der Waals surface area contributed by atoms with Gasteiger partial charge in [0.2, 0.25) is 0 Å². The second kappa shape index (κ2) is 9.67. The van der Waals surface area contributed by atoms with Gasteiger partial charge >= 0.3 is 5.97 Å². The molecule has 1 aromatic carbocycles. The summed E-state index contributed by atoms with van der Waals surface area (Å²) in [6.07, 6.45) is 7.89. The maximum atomic E-state index is 11.9. The highest BCUT2D eigenvalue weighted by Crippen LogP contribution is 2.30. The smallest absolute Gasteiger partial charge is 0.336 e. The van der Waals surface area contributed by atoms with Gasteiger partial charge in [-0.2, -0.15) is 0 Å². The van der Waals surface area contributed by atoms with Gasteiger partial charge in [-0.3, -0.25) is 0 Å². The number of hydrogen-bond donors (Lipinski definition) is 1. The van der Waals surface area contributed by atoms with Crippen LogP contribution in [0, 0.1) is 5.92 Å². The number of hydrogen-bond acceptors (Lipinski definition) is 4. The van der Waals surface area contributed by atoms with E-state index in [0.717, 1.165) is 50.7 Å². The standard InChI is InChI=1S/C22H32O5/c1-22(21(23)24,15-17-8-3-2-4-9-17)26-16-18-10-7-11-19(14-18)27-20-12-5-6-13-25-20/h2-4,8-9,18-20H,5-7,10-16H2,1H3,(H,23,24)/t18-,19+,20?,22?/m1/s1. The molecule has 1 heterocycles. The van der Waals surface area contributed by atoms with Crippen LogP contribution in [0.5, 0.6) is 0 Å². The number of carboxylic acid groups (broad SMARTS) is 1. The molecule has 1 aromatic rings. The van der Waals surface area contributed by atoms with Crippen LogP contribution in [0.4, 0.5) is 0 Å². The Kier molecular flexibility index (Phi) is 7.27. The zero-order valence-electron chi connectivity index (χ0n) is 16.3. The molecule has 1 saturated heterocycles. The molecule has 2 fully saturated rings. The fourth-order valence-corrected chi connectivity index (χ4v) is 4.03. The first kappa shape index (κ1) is 20.3. The van der Waals surface area contributed by atoms with Crippen LogP contribution in [0.25, 0.3) is 0 Å². The molecule has 150 valence electrons. The van der Waals surface area contributed by atoms with E-state index in [2.05, 4.69) is 0 Å². The van der Waals surface area contributed by atoms with Crippen molar-refractivity contribution in [2.45, 2.75) is 76.3 Å². The predicted molar refractivity (Wildman–Crippen MR) is 103 cm³/mol. The summed E-state index contributed by atoms with van der Waals surface area (Å²) in [6.45, 7) is 2.93. The fourth-order valence-electron chi connectivity index (χ4n) is 4.03. The Hall–Kier alpha value is -1.43. The summed E-state index contributed by atoms with van der Waals surface area (Å²) in [4.78, 5) is 11.9. The zero-order chi connectivity index (χ0) is 19.1. The quantitative estimate of drug-likeness (QED) is 0.737. The summed E-state index contributed by atoms with van der Waals surface area (Å²) in [5.41, 5.74) is -0.233. The van der Waals surface area contributed by atoms with Gasteiger partial charge < -0.3 is 19.3 Å². The van der Waals surface area contributed by atoms with Gasteiger partial charge in [0.15, 0.2) is 11.9 Å². The Bertz CT molecular complexity index is 584. The van der Waals surface area contributed by atoms with E-state index in [9.17, 15) is 9.90 Å². The lowest BCUT2D eigenvalue weighted by Gasteiger charge is -2.34. The molecule has 0 aromatic heterocycles. The van der Waals surface area contributed by atoms with Gasteiger partial charge in [0, 0.05) is 13.0 Å². The third-order valence-corrected chi connectivity index (χ3v) is 5.69. The van der Waals surface area contributed by atoms with Gasteiger partial charge in [0.25, 0.3) is 0 Å². The van der Waals surface area contributed by atoms with Crippen LogP contribution in [-0.2, 0) is 25.4 Å². The number of ether oxygens (including phenoxy) is 3. The minimum atomic E-state index is -1.21. The van der Waals surface area contributed by atoms with Crippen LogP contribution < -0.4 is 0 Å². The maximum Gasteiger partial charge on any atom is 0.336 e. The number of carbonyl (C=O) groups is 1. The Labute approximate surface area is 162 Å². The molecule has 3 rings (SSSR count). The summed E-state index contributed by atoms with van der Waals surface area (Å²) in [6, 6.07) is 9.67. The Morgan fingerprint density at radius 2 is 2.00 bits per heavy atom. The molecule has 5 nitrogen and oxygen atoms in total. The topological polar surface area (TPSA) is 65.0 Å². The monoisotopic (exact) mass is 376 g/mol. The van der Waals surface area contributed by atoms with Crippen molar-refractivity contribution in [1.29, 1.82) is 0 Å². The van der Waals surface area contributed by atoms with Crippen LogP contribution in [0.3, 0.4) is 0 Å². The van der Waals surface area contributed by atoms with Gasteiger partial charge in [-0.25, -0.2) is 4.79 Å². The minimum Gasteiger partial charge on any atom is -0.479 e. The normalized spacial score (nSPS) is 28.4. The molecular weight excluding hydrogens is 344 g/mol. The summed E-state index contributed by atoms with van der Waals surface area (Å²) in [7, 11) is 0. The Morgan fingerprint density at radius 3 is 2.70 bits per heavy atom. The molecule has 1 aliphatic carbocycles. The Balaban J connectivity index is 1.51. The summed E-state index contributed by atoms with van der Waals surface area (Å²) >= 11 is 0. The van der Waals surface area contributed by atoms with E-state index in [4.69, 9.17) is 14.2 Å². The number of benzene rings is 1. The lowest BCUT2D eigenvalue weighted by Crippen LogP contribution is -2.42. The number of rotatable bonds is 8. The van der Waals surface area contributed by atoms with Crippen molar-refractivity contribution in [3.63, 3.8) is 0 Å². The van der Waals surface area contributed by atoms with Crippen molar-refractivity contribution in [3.8, 4) is 0 Å². The average Bonchev–Trinajstić information content (AvgIpc) is 2.68. The van der Waals surface area contributed by atoms with E-state index in [1.165, 1.54) is 6.42 Å². The van der Waals surface area contributed by atoms with Gasteiger partial charge in [-0.1, -0.05) is 36.8 Å². The molecule has 27 heavy (non-hydrogen) atoms. The van der Waals surface area contributed by atoms with E-state index >= 15 is 0 Å². The van der Waals surface area contributed by atoms with Gasteiger partial charge in [-0.05, 0) is 56.9 Å². The van der Waals surface area contributed by atoms with Crippen LogP contribution in [0.2, 0.25) is 0 Å². The molecule has 1 aliphatic heterocycles. The third kappa shape index (κ3) is 6.03. The van der Waals surface area contributed by atoms with Gasteiger partial charge in [-0.15, -0.1) is 0 Å². The second-order valence-corrected chi connectivity index (χ2v) is 8.10. The second-order valence-electron chi connectivity index (χ2n) is 8.10. The van der Waals surface area contributed by atoms with Crippen LogP contribution >= 0.6 is 0 Å². The lowest BCUT2D eigenvalue weighted by molar-refractivity contribution is -0.198. The molecule has 2 aliphatic rings. The molecule has 4 atom stereocenters. The molecule has 1 N–H and O–H groups in total. The van der Waals surface area contributed by atoms with Crippen LogP contribution in [-0.4, -0.2) is 42.3 Å². The molecule has 2 unspecified atom stereocenters. The first-order chi connectivity index (χ1) is 13.0. The number of carboxylic acids is 1. The van der Waals surface area contributed by atoms with E-state index in [0.29, 0.717) is 18.9 Å². The van der Waals surface area contributed by atoms with Crippen molar-refractivity contribution in [2.24, 2.45) is 5.92 Å². The van der Waals surface area contributed by atoms with E-state index in [1.807, 2.05) is 30.3 Å². The SMILES string of the molecule is CC(Cc1ccccc1)(OC[C@@H]1CCC[C@H](OC2CCCCO2)C1)C(=O)O. The van der Waals surface area contributed by atoms with Crippen molar-refractivity contribution in [2.75, 3.05) is 13.2 Å². The highest BCUT2D eigenvalue weighted by atomic mass is 16.7. The number of aliphatic carboxylic acids is 1. The molecular formula is C22H32O5. The first-order valence-corrected chi connectivity index (χ1v) is 10.2. The molecule has 0 radical (unpaired) electrons. The van der Waals surface area contributed by atoms with Crippen molar-refractivity contribution in [3.05, 3.63) is 35.9 Å². The zero-order valence-corrected chi connectivity index (χ0v) is 16.3. The van der Waals surface area contributed by atoms with Gasteiger partial charge in [0.1, 0.15) is 0 Å². The molecule has 5 heteroatoms. The molecule has 0 bridgehead atoms. The average molecular weight is 376 g/mol. The van der Waals surface area contributed by atoms with Gasteiger partial charge in [0.05, 0.1) is 12.7 Å². The minimum absolute atomic E-state index is 0.0641. The van der Waals surface area contributed by atoms with E-state index in [1.54, 1.807) is 6.92 Å². The van der Waals surface area contributed by atoms with Crippen molar-refractivity contribution in [1.82, 2.24) is 0 Å². The summed E-state index contributed by atoms with van der Waals surface area (Å²) < 4.78 is 17.8. The Morgan fingerprint density at radius 1 is 1.19 bits per heavy atom. The largest absolute Gasteiger partial charge is 0.479 e. The van der Waals surface area contributed by atoms with Crippen LogP contribution in [0.1, 0.15) is 57.4 Å². The van der Waals surface area contributed by atoms with Crippen LogP contribution in [0.15, 0.2) is 30.3 Å². The van der Waals surface area contributed by atoms with E-state index in [-0.39, 0.29) is 12.4 Å². The van der Waals surface area contributed by atoms with Crippen molar-refractivity contribution < 1.29 is 24.1 Å². The van der Waals surface area contributed by atoms with E-state index < -0.39 is 11.6 Å². The predicted octanol–water partition coefficient (Wildman–Crippen LogP) is 4.19. The maximum absolute atomic E-state index is 11.9. The lowest BCUT2D eigenvalue weighted by atomic mass is 9.87. The molecule has 0 amide bonds. The summed E-state index contributed by atoms with van der Waals surface area (Å²) in [5.74, 6) is -0.577. The highest BCUT2D eigenvalue weighted by Gasteiger charge is 2.36. The molecule has 1 saturated carbocycles. The summed E-state index contributed by atoms with van der Waals surface area (Å²) in [5, 5.41) is 9.73. The highest BCUT2D eigenvalue weighted by molar-refractivity contribution is 5.77.